The van der Waals surface area contributed by atoms with Crippen LogP contribution in [-0.4, -0.2) is 29.2 Å². The van der Waals surface area contributed by atoms with Crippen molar-refractivity contribution < 1.29 is 14.2 Å². The second-order valence-electron chi connectivity index (χ2n) is 6.02. The Morgan fingerprint density at radius 1 is 1.55 bits per heavy atom. The van der Waals surface area contributed by atoms with Gasteiger partial charge in [0.15, 0.2) is 6.29 Å². The topological polar surface area (TPSA) is 106 Å². The molecule has 2 fully saturated rings. The predicted octanol–water partition coefficient (Wildman–Crippen LogP) is 1.22. The number of fused-ring (bicyclic) bond motifs is 5. The molecule has 2 saturated heterocycles. The van der Waals surface area contributed by atoms with Crippen molar-refractivity contribution in [2.24, 2.45) is 5.73 Å². The van der Waals surface area contributed by atoms with Crippen LogP contribution in [0.1, 0.15) is 37.4 Å². The molecule has 0 saturated carbocycles. The minimum atomic E-state index is -0.711. The van der Waals surface area contributed by atoms with Crippen LogP contribution in [0.15, 0.2) is 11.5 Å². The van der Waals surface area contributed by atoms with E-state index < -0.39 is 11.7 Å². The molecule has 3 N–H and O–H groups in total. The summed E-state index contributed by atoms with van der Waals surface area (Å²) in [6.45, 7) is 2.65. The third-order valence-electron chi connectivity index (χ3n) is 4.78. The van der Waals surface area contributed by atoms with Crippen molar-refractivity contribution in [3.63, 3.8) is 0 Å². The van der Waals surface area contributed by atoms with Gasteiger partial charge in [-0.15, -0.1) is 5.10 Å². The molecule has 1 aromatic heterocycles. The van der Waals surface area contributed by atoms with Crippen LogP contribution in [0.3, 0.4) is 0 Å². The van der Waals surface area contributed by atoms with Crippen LogP contribution in [0.2, 0.25) is 0 Å². The minimum Gasteiger partial charge on any atom is -0.420 e. The molecule has 1 aromatic rings. The zero-order valence-electron chi connectivity index (χ0n) is 12.4. The first-order valence-electron chi connectivity index (χ1n) is 7.63. The largest absolute Gasteiger partial charge is 0.420 e. The summed E-state index contributed by atoms with van der Waals surface area (Å²) in [5.74, 6) is 0.541. The van der Waals surface area contributed by atoms with Crippen LogP contribution in [0.25, 0.3) is 0 Å². The fourth-order valence-corrected chi connectivity index (χ4v) is 3.83. The Morgan fingerprint density at radius 3 is 3.18 bits per heavy atom. The maximum atomic E-state index is 9.68. The number of aromatic nitrogens is 2. The Balaban J connectivity index is 1.94. The van der Waals surface area contributed by atoms with E-state index in [-0.39, 0.29) is 12.0 Å². The van der Waals surface area contributed by atoms with Gasteiger partial charge in [-0.1, -0.05) is 13.3 Å². The summed E-state index contributed by atoms with van der Waals surface area (Å²) in [5.41, 5.74) is 7.52. The lowest BCUT2D eigenvalue weighted by Gasteiger charge is -2.42. The Kier molecular flexibility index (Phi) is 2.93. The molecule has 3 aliphatic heterocycles. The number of hydrogen-bond acceptors (Lipinski definition) is 6. The van der Waals surface area contributed by atoms with Gasteiger partial charge in [-0.25, -0.2) is 0 Å². The Labute approximate surface area is 128 Å². The van der Waals surface area contributed by atoms with Gasteiger partial charge in [0.1, 0.15) is 11.6 Å². The highest BCUT2D eigenvalue weighted by Gasteiger charge is 2.58. The maximum Gasteiger partial charge on any atom is 0.244 e. The number of aromatic amines is 1. The lowest BCUT2D eigenvalue weighted by atomic mass is 9.68. The Morgan fingerprint density at radius 2 is 2.41 bits per heavy atom. The molecule has 116 valence electrons. The van der Waals surface area contributed by atoms with Crippen LogP contribution in [0, 0.1) is 11.3 Å². The predicted molar refractivity (Wildman–Crippen MR) is 75.6 cm³/mol. The van der Waals surface area contributed by atoms with Crippen LogP contribution in [0.5, 0.6) is 5.88 Å². The van der Waals surface area contributed by atoms with Crippen molar-refractivity contribution in [1.82, 2.24) is 10.2 Å². The standard InChI is InChI=1S/C15H18N4O3/c1-2-3-10-11-13(19-18-10)22-12(17)9(6-16)15(11)5-4-8-7-20-14(15)21-8/h8,14H,2-5,7,17H2,1H3,(H,18,19)/t8-,14+,15+/m0/s1. The molecule has 0 aromatic carbocycles. The molecular formula is C15H18N4O3. The molecule has 2 bridgehead atoms. The molecule has 22 heavy (non-hydrogen) atoms. The normalized spacial score (nSPS) is 32.7. The summed E-state index contributed by atoms with van der Waals surface area (Å²) in [5, 5.41) is 17.0. The van der Waals surface area contributed by atoms with Crippen molar-refractivity contribution >= 4 is 0 Å². The molecule has 0 unspecified atom stereocenters. The zero-order chi connectivity index (χ0) is 15.3. The molecule has 4 rings (SSSR count). The molecule has 7 nitrogen and oxygen atoms in total. The lowest BCUT2D eigenvalue weighted by molar-refractivity contribution is -0.126. The van der Waals surface area contributed by atoms with Gasteiger partial charge < -0.3 is 19.9 Å². The Hall–Kier alpha value is -2.04. The van der Waals surface area contributed by atoms with Crippen molar-refractivity contribution in [2.45, 2.75) is 50.4 Å². The number of nitrogens with zero attached hydrogens (tertiary/aromatic N) is 2. The highest BCUT2D eigenvalue weighted by Crippen LogP contribution is 2.54. The number of ether oxygens (including phenoxy) is 3. The fraction of sp³-hybridized carbons (Fsp3) is 0.600. The van der Waals surface area contributed by atoms with E-state index >= 15 is 0 Å². The second-order valence-corrected chi connectivity index (χ2v) is 6.02. The molecule has 0 radical (unpaired) electrons. The molecule has 7 heteroatoms. The highest BCUT2D eigenvalue weighted by atomic mass is 16.7. The van der Waals surface area contributed by atoms with Gasteiger partial charge in [-0.3, -0.25) is 5.10 Å². The van der Waals surface area contributed by atoms with Gasteiger partial charge in [0.25, 0.3) is 0 Å². The van der Waals surface area contributed by atoms with Crippen LogP contribution >= 0.6 is 0 Å². The number of nitriles is 1. The van der Waals surface area contributed by atoms with E-state index in [1.165, 1.54) is 0 Å². The molecule has 4 heterocycles. The number of aryl methyl sites for hydroxylation is 1. The molecular weight excluding hydrogens is 284 g/mol. The van der Waals surface area contributed by atoms with E-state index in [4.69, 9.17) is 19.9 Å². The van der Waals surface area contributed by atoms with Crippen molar-refractivity contribution in [2.75, 3.05) is 6.61 Å². The third-order valence-corrected chi connectivity index (χ3v) is 4.78. The van der Waals surface area contributed by atoms with Crippen LogP contribution < -0.4 is 10.5 Å². The first-order chi connectivity index (χ1) is 10.7. The number of nitrogens with one attached hydrogen (secondary N) is 1. The van der Waals surface area contributed by atoms with E-state index in [1.807, 2.05) is 0 Å². The van der Waals surface area contributed by atoms with E-state index in [0.29, 0.717) is 18.1 Å². The Bertz CT molecular complexity index is 689. The number of nitrogens with two attached hydrogens (primary N) is 1. The summed E-state index contributed by atoms with van der Waals surface area (Å²) < 4.78 is 17.4. The van der Waals surface area contributed by atoms with Gasteiger partial charge >= 0.3 is 0 Å². The summed E-state index contributed by atoms with van der Waals surface area (Å²) >= 11 is 0. The molecule has 1 spiro atoms. The quantitative estimate of drug-likeness (QED) is 0.851. The smallest absolute Gasteiger partial charge is 0.244 e. The average Bonchev–Trinajstić information content (AvgIpc) is 3.09. The number of H-pyrrole nitrogens is 1. The lowest BCUT2D eigenvalue weighted by Crippen LogP contribution is -2.48. The van der Waals surface area contributed by atoms with Gasteiger partial charge in [0, 0.05) is 5.69 Å². The molecule has 3 aliphatic rings. The summed E-state index contributed by atoms with van der Waals surface area (Å²) in [7, 11) is 0. The second kappa shape index (κ2) is 4.73. The first-order valence-corrected chi connectivity index (χ1v) is 7.63. The molecule has 3 atom stereocenters. The van der Waals surface area contributed by atoms with Crippen LogP contribution in [-0.2, 0) is 21.3 Å². The SMILES string of the molecule is CCCc1[nH]nc2c1[C@@]1(CC[C@H]3CO[C@@H]1O3)C(C#N)=C(N)O2. The maximum absolute atomic E-state index is 9.68. The molecule has 0 amide bonds. The minimum absolute atomic E-state index is 0.0992. The van der Waals surface area contributed by atoms with Crippen LogP contribution in [0.4, 0.5) is 0 Å². The third kappa shape index (κ3) is 1.59. The highest BCUT2D eigenvalue weighted by molar-refractivity contribution is 5.55. The van der Waals surface area contributed by atoms with E-state index in [2.05, 4.69) is 23.2 Å². The van der Waals surface area contributed by atoms with Gasteiger partial charge in [0.05, 0.1) is 23.7 Å². The van der Waals surface area contributed by atoms with Crippen molar-refractivity contribution in [3.8, 4) is 11.9 Å². The summed E-state index contributed by atoms with van der Waals surface area (Å²) in [6, 6.07) is 2.23. The summed E-state index contributed by atoms with van der Waals surface area (Å²) in [6.07, 6.45) is 2.95. The monoisotopic (exact) mass is 302 g/mol. The van der Waals surface area contributed by atoms with Gasteiger partial charge in [0.2, 0.25) is 11.8 Å². The van der Waals surface area contributed by atoms with E-state index in [0.717, 1.165) is 36.9 Å². The first kappa shape index (κ1) is 13.6. The number of rotatable bonds is 2. The fourth-order valence-electron chi connectivity index (χ4n) is 3.83. The van der Waals surface area contributed by atoms with E-state index in [9.17, 15) is 5.26 Å². The number of hydrogen-bond donors (Lipinski definition) is 2. The van der Waals surface area contributed by atoms with Crippen molar-refractivity contribution in [1.29, 1.82) is 5.26 Å². The van der Waals surface area contributed by atoms with Crippen molar-refractivity contribution in [3.05, 3.63) is 22.7 Å². The van der Waals surface area contributed by atoms with Gasteiger partial charge in [-0.2, -0.15) is 5.26 Å². The summed E-state index contributed by atoms with van der Waals surface area (Å²) in [4.78, 5) is 0. The molecule has 0 aliphatic carbocycles. The zero-order valence-corrected chi connectivity index (χ0v) is 12.4. The average molecular weight is 302 g/mol. The van der Waals surface area contributed by atoms with Gasteiger partial charge in [-0.05, 0) is 19.3 Å². The van der Waals surface area contributed by atoms with E-state index in [1.54, 1.807) is 0 Å².